The molecule has 19 heavy (non-hydrogen) atoms. The summed E-state index contributed by atoms with van der Waals surface area (Å²) in [6, 6.07) is 5.98. The maximum absolute atomic E-state index is 10.3. The molecule has 2 heterocycles. The number of aromatic nitrogens is 2. The van der Waals surface area contributed by atoms with E-state index in [-0.39, 0.29) is 12.1 Å². The fourth-order valence-corrected chi connectivity index (χ4v) is 3.45. The fourth-order valence-electron chi connectivity index (χ4n) is 2.77. The molecule has 5 heteroatoms. The second-order valence-electron chi connectivity index (χ2n) is 5.15. The van der Waals surface area contributed by atoms with Crippen molar-refractivity contribution in [3.8, 4) is 10.6 Å². The summed E-state index contributed by atoms with van der Waals surface area (Å²) in [5.74, 6) is 0.648. The first kappa shape index (κ1) is 12.7. The summed E-state index contributed by atoms with van der Waals surface area (Å²) in [7, 11) is 0. The van der Waals surface area contributed by atoms with Gasteiger partial charge in [-0.2, -0.15) is 5.10 Å². The third-order valence-corrected chi connectivity index (χ3v) is 4.69. The van der Waals surface area contributed by atoms with Crippen LogP contribution in [0.1, 0.15) is 38.1 Å². The molecule has 2 aromatic rings. The van der Waals surface area contributed by atoms with E-state index in [2.05, 4.69) is 5.10 Å². The van der Waals surface area contributed by atoms with E-state index in [0.717, 1.165) is 36.3 Å². The summed E-state index contributed by atoms with van der Waals surface area (Å²) in [5, 5.41) is 16.9. The average molecular weight is 277 g/mol. The Morgan fingerprint density at radius 1 is 1.32 bits per heavy atom. The Hall–Kier alpha value is -1.33. The number of hydrogen-bond donors (Lipinski definition) is 2. The van der Waals surface area contributed by atoms with E-state index >= 15 is 0 Å². The summed E-state index contributed by atoms with van der Waals surface area (Å²) in [6.07, 6.45) is 4.88. The van der Waals surface area contributed by atoms with Gasteiger partial charge in [0.05, 0.1) is 17.0 Å². The molecule has 0 radical (unpaired) electrons. The van der Waals surface area contributed by atoms with Gasteiger partial charge in [0.15, 0.2) is 0 Å². The fraction of sp³-hybridized carbons (Fsp3) is 0.500. The maximum atomic E-state index is 10.3. The van der Waals surface area contributed by atoms with Crippen molar-refractivity contribution in [2.45, 2.75) is 44.2 Å². The average Bonchev–Trinajstić information content (AvgIpc) is 2.99. The number of nitrogens with zero attached hydrogens (tertiary/aromatic N) is 2. The van der Waals surface area contributed by atoms with Gasteiger partial charge in [-0.1, -0.05) is 25.3 Å². The van der Waals surface area contributed by atoms with Crippen LogP contribution in [0.4, 0.5) is 5.82 Å². The minimum absolute atomic E-state index is 0.0243. The molecule has 3 rings (SSSR count). The van der Waals surface area contributed by atoms with Gasteiger partial charge in [0, 0.05) is 6.07 Å². The van der Waals surface area contributed by atoms with Crippen molar-refractivity contribution in [3.63, 3.8) is 0 Å². The normalized spacial score (nSPS) is 24.3. The van der Waals surface area contributed by atoms with Crippen LogP contribution in [-0.4, -0.2) is 21.0 Å². The topological polar surface area (TPSA) is 64.1 Å². The standard InChI is InChI=1S/C14H19N3OS/c15-14-9-10(13-7-4-8-19-13)16-17(14)11-5-2-1-3-6-12(11)18/h4,7-9,11-12,18H,1-3,5-6,15H2. The first-order chi connectivity index (χ1) is 9.25. The van der Waals surface area contributed by atoms with Crippen LogP contribution in [-0.2, 0) is 0 Å². The molecule has 0 aromatic carbocycles. The molecule has 2 unspecified atom stereocenters. The predicted molar refractivity (Wildman–Crippen MR) is 78.1 cm³/mol. The van der Waals surface area contributed by atoms with Crippen molar-refractivity contribution in [1.82, 2.24) is 9.78 Å². The van der Waals surface area contributed by atoms with Gasteiger partial charge < -0.3 is 10.8 Å². The monoisotopic (exact) mass is 277 g/mol. The van der Waals surface area contributed by atoms with Crippen LogP contribution in [0, 0.1) is 0 Å². The molecule has 0 amide bonds. The van der Waals surface area contributed by atoms with Gasteiger partial charge in [0.25, 0.3) is 0 Å². The number of thiophene rings is 1. The number of anilines is 1. The van der Waals surface area contributed by atoms with Gasteiger partial charge in [-0.3, -0.25) is 0 Å². The van der Waals surface area contributed by atoms with Crippen LogP contribution >= 0.6 is 11.3 Å². The summed E-state index contributed by atoms with van der Waals surface area (Å²) >= 11 is 1.66. The van der Waals surface area contributed by atoms with Crippen molar-refractivity contribution in [1.29, 1.82) is 0 Å². The lowest BCUT2D eigenvalue weighted by Gasteiger charge is -2.21. The van der Waals surface area contributed by atoms with Gasteiger partial charge in [-0.05, 0) is 24.3 Å². The Morgan fingerprint density at radius 2 is 2.16 bits per heavy atom. The van der Waals surface area contributed by atoms with Crippen LogP contribution in [0.2, 0.25) is 0 Å². The van der Waals surface area contributed by atoms with E-state index in [9.17, 15) is 5.11 Å². The number of aliphatic hydroxyl groups is 1. The number of nitrogen functional groups attached to an aromatic ring is 1. The number of nitrogens with two attached hydrogens (primary N) is 1. The van der Waals surface area contributed by atoms with Gasteiger partial charge >= 0.3 is 0 Å². The largest absolute Gasteiger partial charge is 0.391 e. The lowest BCUT2D eigenvalue weighted by molar-refractivity contribution is 0.100. The quantitative estimate of drug-likeness (QED) is 0.829. The van der Waals surface area contributed by atoms with Crippen LogP contribution < -0.4 is 5.73 Å². The molecular weight excluding hydrogens is 258 g/mol. The highest BCUT2D eigenvalue weighted by Crippen LogP contribution is 2.32. The smallest absolute Gasteiger partial charge is 0.122 e. The van der Waals surface area contributed by atoms with Crippen LogP contribution in [0.15, 0.2) is 23.6 Å². The molecule has 4 nitrogen and oxygen atoms in total. The van der Waals surface area contributed by atoms with Crippen molar-refractivity contribution < 1.29 is 5.11 Å². The van der Waals surface area contributed by atoms with Gasteiger partial charge in [-0.25, -0.2) is 4.68 Å². The maximum Gasteiger partial charge on any atom is 0.122 e. The summed E-state index contributed by atoms with van der Waals surface area (Å²) < 4.78 is 1.82. The van der Waals surface area contributed by atoms with Crippen LogP contribution in [0.3, 0.4) is 0 Å². The number of hydrogen-bond acceptors (Lipinski definition) is 4. The van der Waals surface area contributed by atoms with Crippen molar-refractivity contribution in [2.75, 3.05) is 5.73 Å². The van der Waals surface area contributed by atoms with Crippen molar-refractivity contribution in [2.24, 2.45) is 0 Å². The van der Waals surface area contributed by atoms with E-state index in [1.807, 2.05) is 28.3 Å². The molecule has 0 saturated heterocycles. The molecule has 1 saturated carbocycles. The molecule has 102 valence electrons. The molecule has 1 aliphatic carbocycles. The van der Waals surface area contributed by atoms with E-state index in [1.54, 1.807) is 11.3 Å². The van der Waals surface area contributed by atoms with Crippen LogP contribution in [0.5, 0.6) is 0 Å². The van der Waals surface area contributed by atoms with E-state index in [0.29, 0.717) is 5.82 Å². The molecular formula is C14H19N3OS. The zero-order valence-electron chi connectivity index (χ0n) is 10.8. The first-order valence-electron chi connectivity index (χ1n) is 6.82. The highest BCUT2D eigenvalue weighted by molar-refractivity contribution is 7.13. The summed E-state index contributed by atoms with van der Waals surface area (Å²) in [6.45, 7) is 0. The van der Waals surface area contributed by atoms with Crippen LogP contribution in [0.25, 0.3) is 10.6 Å². The lowest BCUT2D eigenvalue weighted by atomic mass is 10.1. The number of rotatable bonds is 2. The zero-order valence-corrected chi connectivity index (χ0v) is 11.6. The zero-order chi connectivity index (χ0) is 13.2. The molecule has 1 aliphatic rings. The van der Waals surface area contributed by atoms with E-state index < -0.39 is 0 Å². The third-order valence-electron chi connectivity index (χ3n) is 3.80. The summed E-state index contributed by atoms with van der Waals surface area (Å²) in [5.41, 5.74) is 6.99. The van der Waals surface area contributed by atoms with E-state index in [1.165, 1.54) is 6.42 Å². The molecule has 2 aromatic heterocycles. The highest BCUT2D eigenvalue weighted by Gasteiger charge is 2.26. The lowest BCUT2D eigenvalue weighted by Crippen LogP contribution is -2.25. The molecule has 0 spiro atoms. The minimum atomic E-state index is -0.333. The predicted octanol–water partition coefficient (Wildman–Crippen LogP) is 3.06. The SMILES string of the molecule is Nc1cc(-c2cccs2)nn1C1CCCCCC1O. The Morgan fingerprint density at radius 3 is 2.95 bits per heavy atom. The molecule has 3 N–H and O–H groups in total. The second kappa shape index (κ2) is 5.35. The van der Waals surface area contributed by atoms with Crippen molar-refractivity contribution in [3.05, 3.63) is 23.6 Å². The van der Waals surface area contributed by atoms with Gasteiger partial charge in [-0.15, -0.1) is 11.3 Å². The second-order valence-corrected chi connectivity index (χ2v) is 6.10. The molecule has 1 fully saturated rings. The Labute approximate surface area is 116 Å². The number of aliphatic hydroxyl groups excluding tert-OH is 1. The van der Waals surface area contributed by atoms with Crippen molar-refractivity contribution >= 4 is 17.2 Å². The van der Waals surface area contributed by atoms with Gasteiger partial charge in [0.2, 0.25) is 0 Å². The minimum Gasteiger partial charge on any atom is -0.391 e. The van der Waals surface area contributed by atoms with E-state index in [4.69, 9.17) is 5.73 Å². The molecule has 0 aliphatic heterocycles. The Bertz CT molecular complexity index is 535. The third kappa shape index (κ3) is 2.53. The first-order valence-corrected chi connectivity index (χ1v) is 7.70. The molecule has 0 bridgehead atoms. The molecule has 2 atom stereocenters. The summed E-state index contributed by atoms with van der Waals surface area (Å²) in [4.78, 5) is 1.12. The Balaban J connectivity index is 1.91. The Kier molecular flexibility index (Phi) is 3.57. The van der Waals surface area contributed by atoms with Gasteiger partial charge in [0.1, 0.15) is 11.5 Å². The highest BCUT2D eigenvalue weighted by atomic mass is 32.1.